The van der Waals surface area contributed by atoms with E-state index < -0.39 is 11.0 Å². The molecule has 3 rings (SSSR count). The number of benzene rings is 1. The van der Waals surface area contributed by atoms with E-state index in [1.54, 1.807) is 13.8 Å². The molecule has 1 aromatic heterocycles. The third kappa shape index (κ3) is 5.38. The average molecular weight is 468 g/mol. The van der Waals surface area contributed by atoms with E-state index in [9.17, 15) is 19.7 Å². The zero-order valence-corrected chi connectivity index (χ0v) is 18.9. The maximum atomic E-state index is 13.3. The van der Waals surface area contributed by atoms with Crippen LogP contribution in [-0.2, 0) is 9.53 Å². The first-order valence-electron chi connectivity index (χ1n) is 9.69. The third-order valence-corrected chi connectivity index (χ3v) is 6.37. The lowest BCUT2D eigenvalue weighted by Crippen LogP contribution is -2.44. The second-order valence-corrected chi connectivity index (χ2v) is 8.57. The van der Waals surface area contributed by atoms with Gasteiger partial charge in [-0.1, -0.05) is 22.9 Å². The number of halogens is 1. The Hall–Kier alpha value is -2.56. The van der Waals surface area contributed by atoms with E-state index in [1.165, 1.54) is 30.0 Å². The first-order chi connectivity index (χ1) is 14.7. The Kier molecular flexibility index (Phi) is 7.24. The standard InChI is InChI=1S/C20H22ClN3O6S/c1-11-18(12(2)25)31-20(22-11)23(10-15-5-4-8-29-15)19(26)13(3)30-17-7-6-14(24(27)28)9-16(17)21/h6-7,9,13,15H,4-5,8,10H2,1-3H3/t13-,15+/m0/s1. The minimum absolute atomic E-state index is 0.0310. The smallest absolute Gasteiger partial charge is 0.271 e. The number of nitro groups is 1. The van der Waals surface area contributed by atoms with Crippen LogP contribution in [0.4, 0.5) is 10.8 Å². The summed E-state index contributed by atoms with van der Waals surface area (Å²) in [5.74, 6) is -0.341. The van der Waals surface area contributed by atoms with Crippen LogP contribution in [0.15, 0.2) is 18.2 Å². The van der Waals surface area contributed by atoms with Gasteiger partial charge in [0.15, 0.2) is 17.0 Å². The van der Waals surface area contributed by atoms with Crippen LogP contribution < -0.4 is 9.64 Å². The van der Waals surface area contributed by atoms with E-state index in [4.69, 9.17) is 21.1 Å². The van der Waals surface area contributed by atoms with E-state index >= 15 is 0 Å². The number of hydrogen-bond donors (Lipinski definition) is 0. The molecule has 9 nitrogen and oxygen atoms in total. The second kappa shape index (κ2) is 9.71. The number of aryl methyl sites for hydroxylation is 1. The lowest BCUT2D eigenvalue weighted by Gasteiger charge is -2.26. The monoisotopic (exact) mass is 467 g/mol. The molecule has 2 aromatic rings. The van der Waals surface area contributed by atoms with Crippen molar-refractivity contribution in [1.82, 2.24) is 4.98 Å². The molecule has 11 heteroatoms. The molecule has 1 saturated heterocycles. The SMILES string of the molecule is CC(=O)c1sc(N(C[C@H]2CCCO2)C(=O)[C@H](C)Oc2ccc([N+](=O)[O-])cc2Cl)nc1C. The summed E-state index contributed by atoms with van der Waals surface area (Å²) in [6, 6.07) is 3.78. The van der Waals surface area contributed by atoms with E-state index in [0.29, 0.717) is 22.3 Å². The van der Waals surface area contributed by atoms with Crippen LogP contribution in [0.2, 0.25) is 5.02 Å². The number of Topliss-reactive ketones (excluding diaryl/α,β-unsaturated/α-hetero) is 1. The Labute approximate surface area is 188 Å². The number of nitrogens with zero attached hydrogens (tertiary/aromatic N) is 3. The molecule has 1 aromatic carbocycles. The van der Waals surface area contributed by atoms with Crippen LogP contribution in [0.5, 0.6) is 5.75 Å². The number of thiazole rings is 1. The highest BCUT2D eigenvalue weighted by Crippen LogP contribution is 2.31. The van der Waals surface area contributed by atoms with Crippen LogP contribution in [0.1, 0.15) is 42.1 Å². The summed E-state index contributed by atoms with van der Waals surface area (Å²) < 4.78 is 11.4. The van der Waals surface area contributed by atoms with Gasteiger partial charge in [-0.3, -0.25) is 24.6 Å². The average Bonchev–Trinajstić information content (AvgIpc) is 3.36. The van der Waals surface area contributed by atoms with E-state index in [0.717, 1.165) is 24.2 Å². The Morgan fingerprint density at radius 1 is 1.48 bits per heavy atom. The van der Waals surface area contributed by atoms with Gasteiger partial charge in [0.25, 0.3) is 11.6 Å². The number of rotatable bonds is 8. The fraction of sp³-hybridized carbons (Fsp3) is 0.450. The van der Waals surface area contributed by atoms with Gasteiger partial charge in [0.2, 0.25) is 0 Å². The molecule has 31 heavy (non-hydrogen) atoms. The Morgan fingerprint density at radius 2 is 2.23 bits per heavy atom. The zero-order chi connectivity index (χ0) is 22.7. The molecule has 0 aliphatic carbocycles. The molecule has 0 unspecified atom stereocenters. The number of aromatic nitrogens is 1. The number of hydrogen-bond acceptors (Lipinski definition) is 8. The molecular weight excluding hydrogens is 446 g/mol. The molecule has 0 bridgehead atoms. The second-order valence-electron chi connectivity index (χ2n) is 7.18. The molecule has 1 fully saturated rings. The molecule has 0 radical (unpaired) electrons. The number of ether oxygens (including phenoxy) is 2. The van der Waals surface area contributed by atoms with Crippen LogP contribution in [0.3, 0.4) is 0 Å². The summed E-state index contributed by atoms with van der Waals surface area (Å²) in [5.41, 5.74) is 0.385. The van der Waals surface area contributed by atoms with Crippen molar-refractivity contribution in [2.75, 3.05) is 18.1 Å². The predicted octanol–water partition coefficient (Wildman–Crippen LogP) is 4.20. The molecule has 1 amide bonds. The van der Waals surface area contributed by atoms with Crippen molar-refractivity contribution in [3.63, 3.8) is 0 Å². The molecule has 2 atom stereocenters. The fourth-order valence-corrected chi connectivity index (χ4v) is 4.43. The topological polar surface area (TPSA) is 112 Å². The maximum Gasteiger partial charge on any atom is 0.271 e. The molecule has 0 spiro atoms. The van der Waals surface area contributed by atoms with Crippen LogP contribution in [0.25, 0.3) is 0 Å². The number of nitro benzene ring substituents is 1. The van der Waals surface area contributed by atoms with Gasteiger partial charge in [0.1, 0.15) is 5.75 Å². The van der Waals surface area contributed by atoms with Gasteiger partial charge in [-0.2, -0.15) is 0 Å². The predicted molar refractivity (Wildman–Crippen MR) is 116 cm³/mol. The lowest BCUT2D eigenvalue weighted by molar-refractivity contribution is -0.384. The van der Waals surface area contributed by atoms with Gasteiger partial charge in [-0.05, 0) is 32.8 Å². The summed E-state index contributed by atoms with van der Waals surface area (Å²) in [4.78, 5) is 41.9. The molecule has 1 aliphatic heterocycles. The van der Waals surface area contributed by atoms with E-state index in [1.807, 2.05) is 0 Å². The first-order valence-corrected chi connectivity index (χ1v) is 10.9. The van der Waals surface area contributed by atoms with Crippen LogP contribution >= 0.6 is 22.9 Å². The Balaban J connectivity index is 1.84. The molecule has 2 heterocycles. The number of ketones is 1. The minimum Gasteiger partial charge on any atom is -0.479 e. The summed E-state index contributed by atoms with van der Waals surface area (Å²) in [7, 11) is 0. The van der Waals surface area contributed by atoms with Gasteiger partial charge < -0.3 is 9.47 Å². The van der Waals surface area contributed by atoms with Crippen LogP contribution in [-0.4, -0.2) is 47.0 Å². The van der Waals surface area contributed by atoms with Crippen LogP contribution in [0, 0.1) is 17.0 Å². The first kappa shape index (κ1) is 23.1. The van der Waals surface area contributed by atoms with Gasteiger partial charge in [-0.15, -0.1) is 0 Å². The quantitative estimate of drug-likeness (QED) is 0.325. The summed E-state index contributed by atoms with van der Waals surface area (Å²) in [6.45, 7) is 5.66. The largest absolute Gasteiger partial charge is 0.479 e. The summed E-state index contributed by atoms with van der Waals surface area (Å²) in [6.07, 6.45) is 0.638. The lowest BCUT2D eigenvalue weighted by atomic mass is 10.2. The Morgan fingerprint density at radius 3 is 2.77 bits per heavy atom. The Bertz CT molecular complexity index is 1000. The van der Waals surface area contributed by atoms with Crippen molar-refractivity contribution in [1.29, 1.82) is 0 Å². The molecule has 0 N–H and O–H groups in total. The van der Waals surface area contributed by atoms with Crippen molar-refractivity contribution in [3.05, 3.63) is 43.9 Å². The highest BCUT2D eigenvalue weighted by atomic mass is 35.5. The highest BCUT2D eigenvalue weighted by molar-refractivity contribution is 7.17. The number of anilines is 1. The number of carbonyl (C=O) groups is 2. The number of amides is 1. The van der Waals surface area contributed by atoms with Crippen molar-refractivity contribution in [2.24, 2.45) is 0 Å². The minimum atomic E-state index is -0.953. The summed E-state index contributed by atoms with van der Waals surface area (Å²) >= 11 is 7.24. The third-order valence-electron chi connectivity index (χ3n) is 4.79. The molecular formula is C20H22ClN3O6S. The van der Waals surface area contributed by atoms with Crippen molar-refractivity contribution in [2.45, 2.75) is 45.8 Å². The molecule has 0 saturated carbocycles. The molecule has 166 valence electrons. The van der Waals surface area contributed by atoms with Crippen molar-refractivity contribution in [3.8, 4) is 5.75 Å². The molecule has 1 aliphatic rings. The highest BCUT2D eigenvalue weighted by Gasteiger charge is 2.31. The van der Waals surface area contributed by atoms with Gasteiger partial charge in [0, 0.05) is 25.7 Å². The normalized spacial score (nSPS) is 16.7. The van der Waals surface area contributed by atoms with Gasteiger partial charge >= 0.3 is 0 Å². The van der Waals surface area contributed by atoms with E-state index in [-0.39, 0.29) is 40.8 Å². The van der Waals surface area contributed by atoms with Gasteiger partial charge in [0.05, 0.1) is 33.2 Å². The maximum absolute atomic E-state index is 13.3. The van der Waals surface area contributed by atoms with Crippen molar-refractivity contribution >= 4 is 45.4 Å². The fourth-order valence-electron chi connectivity index (χ4n) is 3.24. The zero-order valence-electron chi connectivity index (χ0n) is 17.3. The van der Waals surface area contributed by atoms with Crippen molar-refractivity contribution < 1.29 is 24.0 Å². The van der Waals surface area contributed by atoms with E-state index in [2.05, 4.69) is 4.98 Å². The number of carbonyl (C=O) groups excluding carboxylic acids is 2. The summed E-state index contributed by atoms with van der Waals surface area (Å²) in [5, 5.41) is 11.3. The van der Waals surface area contributed by atoms with Gasteiger partial charge in [-0.25, -0.2) is 4.98 Å². The number of non-ortho nitro benzene ring substituents is 1.